The summed E-state index contributed by atoms with van der Waals surface area (Å²) in [4.78, 5) is 28.1. The smallest absolute Gasteiger partial charge is 0.264 e. The molecule has 0 fully saturated rings. The van der Waals surface area contributed by atoms with Crippen molar-refractivity contribution in [2.75, 3.05) is 17.9 Å². The van der Waals surface area contributed by atoms with Gasteiger partial charge < -0.3 is 10.2 Å². The highest BCUT2D eigenvalue weighted by Crippen LogP contribution is 2.29. The van der Waals surface area contributed by atoms with E-state index in [4.69, 9.17) is 23.2 Å². The third-order valence-electron chi connectivity index (χ3n) is 6.21. The fourth-order valence-electron chi connectivity index (χ4n) is 4.12. The number of halogens is 2. The molecular weight excluding hydrogens is 545 g/mol. The average molecular weight is 577 g/mol. The third-order valence-corrected chi connectivity index (χ3v) is 8.47. The number of hydrogen-bond donors (Lipinski definition) is 1. The quantitative estimate of drug-likeness (QED) is 0.352. The molecule has 0 spiro atoms. The number of amides is 2. The molecule has 3 aromatic carbocycles. The zero-order valence-corrected chi connectivity index (χ0v) is 24.1. The van der Waals surface area contributed by atoms with Gasteiger partial charge in [-0.25, -0.2) is 8.42 Å². The minimum absolute atomic E-state index is 0.0489. The SMILES string of the molecule is CCC(C(=O)NC)N(Cc1ccc(Cl)cc1)C(=O)CN(c1ccc(Cl)cc1C)S(=O)(=O)c1ccc(C)cc1. The van der Waals surface area contributed by atoms with Crippen LogP contribution in [-0.2, 0) is 26.2 Å². The lowest BCUT2D eigenvalue weighted by molar-refractivity contribution is -0.140. The zero-order valence-electron chi connectivity index (χ0n) is 21.7. The first-order chi connectivity index (χ1) is 18.0. The highest BCUT2D eigenvalue weighted by Gasteiger charge is 2.34. The van der Waals surface area contributed by atoms with E-state index in [2.05, 4.69) is 5.32 Å². The molecule has 0 saturated heterocycles. The lowest BCUT2D eigenvalue weighted by Gasteiger charge is -2.33. The first kappa shape index (κ1) is 29.5. The number of nitrogens with one attached hydrogen (secondary N) is 1. The van der Waals surface area contributed by atoms with Gasteiger partial charge in [-0.15, -0.1) is 0 Å². The molecule has 1 atom stereocenters. The van der Waals surface area contributed by atoms with Crippen molar-refractivity contribution < 1.29 is 18.0 Å². The van der Waals surface area contributed by atoms with Crippen LogP contribution in [0.25, 0.3) is 0 Å². The van der Waals surface area contributed by atoms with Crippen molar-refractivity contribution in [2.45, 2.75) is 44.7 Å². The molecule has 2 amide bonds. The van der Waals surface area contributed by atoms with Gasteiger partial charge in [0.25, 0.3) is 10.0 Å². The molecule has 0 aliphatic heterocycles. The molecule has 0 aliphatic carbocycles. The number of likely N-dealkylation sites (N-methyl/N-ethyl adjacent to an activating group) is 1. The van der Waals surface area contributed by atoms with Gasteiger partial charge in [-0.05, 0) is 73.9 Å². The van der Waals surface area contributed by atoms with E-state index >= 15 is 0 Å². The Labute approximate surface area is 234 Å². The summed E-state index contributed by atoms with van der Waals surface area (Å²) in [6.45, 7) is 4.97. The Morgan fingerprint density at radius 1 is 0.921 bits per heavy atom. The van der Waals surface area contributed by atoms with Crippen LogP contribution in [0.1, 0.15) is 30.0 Å². The van der Waals surface area contributed by atoms with Crippen LogP contribution in [0, 0.1) is 13.8 Å². The molecule has 38 heavy (non-hydrogen) atoms. The van der Waals surface area contributed by atoms with Crippen LogP contribution in [0.3, 0.4) is 0 Å². The minimum Gasteiger partial charge on any atom is -0.357 e. The Balaban J connectivity index is 2.09. The van der Waals surface area contributed by atoms with Gasteiger partial charge in [-0.1, -0.05) is 60.0 Å². The van der Waals surface area contributed by atoms with E-state index < -0.39 is 28.5 Å². The number of anilines is 1. The second-order valence-corrected chi connectivity index (χ2v) is 11.7. The minimum atomic E-state index is -4.15. The van der Waals surface area contributed by atoms with Crippen molar-refractivity contribution in [2.24, 2.45) is 0 Å². The Morgan fingerprint density at radius 2 is 1.53 bits per heavy atom. The molecule has 1 unspecified atom stereocenters. The van der Waals surface area contributed by atoms with Crippen LogP contribution in [0.4, 0.5) is 5.69 Å². The fraction of sp³-hybridized carbons (Fsp3) is 0.286. The molecule has 202 valence electrons. The van der Waals surface area contributed by atoms with Crippen LogP contribution >= 0.6 is 23.2 Å². The monoisotopic (exact) mass is 575 g/mol. The summed E-state index contributed by atoms with van der Waals surface area (Å²) in [5.41, 5.74) is 2.56. The Kier molecular flexibility index (Phi) is 9.82. The van der Waals surface area contributed by atoms with E-state index in [0.717, 1.165) is 15.4 Å². The molecule has 1 N–H and O–H groups in total. The summed E-state index contributed by atoms with van der Waals surface area (Å²) in [6.07, 6.45) is 0.337. The number of aryl methyl sites for hydroxylation is 2. The molecule has 0 heterocycles. The first-order valence-corrected chi connectivity index (χ1v) is 14.3. The van der Waals surface area contributed by atoms with Gasteiger partial charge in [0.05, 0.1) is 10.6 Å². The lowest BCUT2D eigenvalue weighted by Crippen LogP contribution is -2.51. The van der Waals surface area contributed by atoms with Gasteiger partial charge in [-0.2, -0.15) is 0 Å². The van der Waals surface area contributed by atoms with Crippen LogP contribution in [-0.4, -0.2) is 44.8 Å². The maximum absolute atomic E-state index is 13.9. The molecule has 7 nitrogen and oxygen atoms in total. The molecule has 10 heteroatoms. The van der Waals surface area contributed by atoms with Crippen molar-refractivity contribution in [1.82, 2.24) is 10.2 Å². The van der Waals surface area contributed by atoms with Crippen molar-refractivity contribution in [1.29, 1.82) is 0 Å². The molecule has 0 aromatic heterocycles. The van der Waals surface area contributed by atoms with Gasteiger partial charge in [-0.3, -0.25) is 13.9 Å². The normalized spacial score (nSPS) is 12.1. The Morgan fingerprint density at radius 3 is 2.08 bits per heavy atom. The predicted molar refractivity (Wildman–Crippen MR) is 152 cm³/mol. The van der Waals surface area contributed by atoms with E-state index in [1.165, 1.54) is 24.1 Å². The van der Waals surface area contributed by atoms with Crippen LogP contribution < -0.4 is 9.62 Å². The largest absolute Gasteiger partial charge is 0.357 e. The molecule has 0 bridgehead atoms. The topological polar surface area (TPSA) is 86.8 Å². The second-order valence-electron chi connectivity index (χ2n) is 8.94. The van der Waals surface area contributed by atoms with Crippen molar-refractivity contribution >= 4 is 50.7 Å². The summed E-state index contributed by atoms with van der Waals surface area (Å²) in [5.74, 6) is -0.870. The van der Waals surface area contributed by atoms with E-state index in [-0.39, 0.29) is 17.3 Å². The summed E-state index contributed by atoms with van der Waals surface area (Å²) in [5, 5.41) is 3.59. The molecule has 3 aromatic rings. The average Bonchev–Trinajstić information content (AvgIpc) is 2.88. The molecule has 0 aliphatic rings. The Bertz CT molecular complexity index is 1390. The summed E-state index contributed by atoms with van der Waals surface area (Å²) < 4.78 is 28.9. The van der Waals surface area contributed by atoms with Crippen molar-refractivity contribution in [3.63, 3.8) is 0 Å². The van der Waals surface area contributed by atoms with Gasteiger partial charge in [0, 0.05) is 23.6 Å². The fourth-order valence-corrected chi connectivity index (χ4v) is 5.95. The molecule has 3 rings (SSSR count). The van der Waals surface area contributed by atoms with E-state index in [1.807, 2.05) is 6.92 Å². The number of nitrogens with zero attached hydrogens (tertiary/aromatic N) is 2. The van der Waals surface area contributed by atoms with Gasteiger partial charge in [0.15, 0.2) is 0 Å². The molecule has 0 saturated carbocycles. The second kappa shape index (κ2) is 12.7. The van der Waals surface area contributed by atoms with Crippen LogP contribution in [0.15, 0.2) is 71.6 Å². The third kappa shape index (κ3) is 6.87. The van der Waals surface area contributed by atoms with Gasteiger partial charge >= 0.3 is 0 Å². The molecular formula is C28H31Cl2N3O4S. The zero-order chi connectivity index (χ0) is 28.0. The highest BCUT2D eigenvalue weighted by molar-refractivity contribution is 7.92. The van der Waals surface area contributed by atoms with E-state index in [1.54, 1.807) is 68.4 Å². The maximum Gasteiger partial charge on any atom is 0.264 e. The summed E-state index contributed by atoms with van der Waals surface area (Å²) in [7, 11) is -2.65. The molecule has 0 radical (unpaired) electrons. The van der Waals surface area contributed by atoms with E-state index in [0.29, 0.717) is 27.7 Å². The number of carbonyl (C=O) groups is 2. The van der Waals surface area contributed by atoms with Crippen LogP contribution in [0.5, 0.6) is 0 Å². The highest BCUT2D eigenvalue weighted by atomic mass is 35.5. The van der Waals surface area contributed by atoms with Gasteiger partial charge in [0.2, 0.25) is 11.8 Å². The van der Waals surface area contributed by atoms with Crippen LogP contribution in [0.2, 0.25) is 10.0 Å². The predicted octanol–water partition coefficient (Wildman–Crippen LogP) is 5.36. The first-order valence-electron chi connectivity index (χ1n) is 12.1. The summed E-state index contributed by atoms with van der Waals surface area (Å²) >= 11 is 12.2. The number of rotatable bonds is 10. The number of carbonyl (C=O) groups excluding carboxylic acids is 2. The van der Waals surface area contributed by atoms with E-state index in [9.17, 15) is 18.0 Å². The maximum atomic E-state index is 13.9. The van der Waals surface area contributed by atoms with Gasteiger partial charge in [0.1, 0.15) is 12.6 Å². The van der Waals surface area contributed by atoms with Crippen molar-refractivity contribution in [3.8, 4) is 0 Å². The standard InChI is InChI=1S/C28H31Cl2N3O4S/c1-5-25(28(35)31-4)32(17-21-8-10-22(29)11-9-21)27(34)18-33(26-15-12-23(30)16-20(26)3)38(36,37)24-13-6-19(2)7-14-24/h6-16,25H,5,17-18H2,1-4H3,(H,31,35). The summed E-state index contributed by atoms with van der Waals surface area (Å²) in [6, 6.07) is 17.4. The lowest BCUT2D eigenvalue weighted by atomic mass is 10.1. The van der Waals surface area contributed by atoms with Crippen molar-refractivity contribution in [3.05, 3.63) is 93.5 Å². The number of sulfonamides is 1. The number of benzene rings is 3. The Hall–Kier alpha value is -3.07. The number of hydrogen-bond acceptors (Lipinski definition) is 4.